The molecule has 0 atom stereocenters. The number of aryl methyl sites for hydroxylation is 1. The molecule has 1 fully saturated rings. The summed E-state index contributed by atoms with van der Waals surface area (Å²) in [7, 11) is 1.49. The van der Waals surface area contributed by atoms with Crippen LogP contribution in [0.4, 0.5) is 16.2 Å². The Bertz CT molecular complexity index is 1570. The van der Waals surface area contributed by atoms with E-state index in [0.717, 1.165) is 10.5 Å². The van der Waals surface area contributed by atoms with E-state index in [1.54, 1.807) is 50.2 Å². The number of para-hydroxylation sites is 2. The van der Waals surface area contributed by atoms with Gasteiger partial charge in [-0.2, -0.15) is 0 Å². The van der Waals surface area contributed by atoms with Gasteiger partial charge in [0.05, 0.1) is 30.1 Å². The van der Waals surface area contributed by atoms with Gasteiger partial charge in [0.25, 0.3) is 17.7 Å². The molecule has 0 saturated carbocycles. The summed E-state index contributed by atoms with van der Waals surface area (Å²) in [5.74, 6) is -1.43. The summed E-state index contributed by atoms with van der Waals surface area (Å²) in [6.45, 7) is 3.36. The standard InChI is InChI=1S/C29H25Cl2N3O7/c1-4-40-24-13-17(12-21(31)26(24)41-15-25(35)32-22-7-5-6-8-23(22)39-3)11-19-27(36)33-29(38)34(28(19)37)18-10-9-16(2)20(30)14-18/h5-14H,4,15H2,1-3H3,(H,32,35)(H,33,36,38)/b19-11+. The van der Waals surface area contributed by atoms with Gasteiger partial charge >= 0.3 is 6.03 Å². The first-order valence-electron chi connectivity index (χ1n) is 12.3. The van der Waals surface area contributed by atoms with Crippen molar-refractivity contribution in [1.29, 1.82) is 0 Å². The summed E-state index contributed by atoms with van der Waals surface area (Å²) < 4.78 is 16.6. The molecule has 10 nitrogen and oxygen atoms in total. The number of benzene rings is 3. The number of carbonyl (C=O) groups excluding carboxylic acids is 4. The van der Waals surface area contributed by atoms with Crippen LogP contribution in [-0.4, -0.2) is 44.1 Å². The highest BCUT2D eigenvalue weighted by Gasteiger charge is 2.37. The lowest BCUT2D eigenvalue weighted by Gasteiger charge is -2.26. The number of nitrogens with one attached hydrogen (secondary N) is 2. The number of rotatable bonds is 9. The Morgan fingerprint density at radius 2 is 1.76 bits per heavy atom. The van der Waals surface area contributed by atoms with Gasteiger partial charge in [0.15, 0.2) is 18.1 Å². The maximum atomic E-state index is 13.3. The van der Waals surface area contributed by atoms with Crippen LogP contribution in [0.3, 0.4) is 0 Å². The largest absolute Gasteiger partial charge is 0.495 e. The van der Waals surface area contributed by atoms with Gasteiger partial charge in [0.2, 0.25) is 0 Å². The number of carbonyl (C=O) groups is 4. The van der Waals surface area contributed by atoms with Crippen molar-refractivity contribution in [3.8, 4) is 17.2 Å². The van der Waals surface area contributed by atoms with Crippen LogP contribution in [0, 0.1) is 6.92 Å². The van der Waals surface area contributed by atoms with Crippen LogP contribution in [0.2, 0.25) is 10.0 Å². The number of amides is 5. The van der Waals surface area contributed by atoms with Gasteiger partial charge in [-0.15, -0.1) is 0 Å². The molecule has 3 aromatic rings. The zero-order chi connectivity index (χ0) is 29.7. The first-order valence-corrected chi connectivity index (χ1v) is 13.1. The fraction of sp³-hybridized carbons (Fsp3) is 0.172. The van der Waals surface area contributed by atoms with E-state index in [0.29, 0.717) is 22.0 Å². The predicted molar refractivity (Wildman–Crippen MR) is 155 cm³/mol. The Balaban J connectivity index is 1.59. The number of hydrogen-bond acceptors (Lipinski definition) is 7. The Morgan fingerprint density at radius 3 is 2.46 bits per heavy atom. The zero-order valence-corrected chi connectivity index (χ0v) is 23.8. The second-order valence-electron chi connectivity index (χ2n) is 8.69. The maximum Gasteiger partial charge on any atom is 0.335 e. The highest BCUT2D eigenvalue weighted by atomic mass is 35.5. The summed E-state index contributed by atoms with van der Waals surface area (Å²) >= 11 is 12.7. The molecule has 0 unspecified atom stereocenters. The van der Waals surface area contributed by atoms with Crippen molar-refractivity contribution in [2.45, 2.75) is 13.8 Å². The highest BCUT2D eigenvalue weighted by Crippen LogP contribution is 2.38. The molecule has 1 aliphatic rings. The van der Waals surface area contributed by atoms with Gasteiger partial charge in [-0.1, -0.05) is 41.4 Å². The minimum atomic E-state index is -0.903. The van der Waals surface area contributed by atoms with Crippen LogP contribution in [-0.2, 0) is 14.4 Å². The van der Waals surface area contributed by atoms with Crippen molar-refractivity contribution >= 4 is 64.4 Å². The monoisotopic (exact) mass is 597 g/mol. The van der Waals surface area contributed by atoms with Gasteiger partial charge < -0.3 is 19.5 Å². The molecule has 212 valence electrons. The highest BCUT2D eigenvalue weighted by molar-refractivity contribution is 6.39. The van der Waals surface area contributed by atoms with Gasteiger partial charge in [0, 0.05) is 5.02 Å². The summed E-state index contributed by atoms with van der Waals surface area (Å²) in [5.41, 5.74) is 1.43. The molecular weight excluding hydrogens is 573 g/mol. The van der Waals surface area contributed by atoms with E-state index in [-0.39, 0.29) is 34.4 Å². The average molecular weight is 598 g/mol. The number of nitrogens with zero attached hydrogens (tertiary/aromatic N) is 1. The fourth-order valence-electron chi connectivity index (χ4n) is 3.93. The Morgan fingerprint density at radius 1 is 1.00 bits per heavy atom. The molecule has 1 heterocycles. The first-order chi connectivity index (χ1) is 19.6. The van der Waals surface area contributed by atoms with E-state index in [9.17, 15) is 19.2 Å². The SMILES string of the molecule is CCOc1cc(/C=C2\C(=O)NC(=O)N(c3ccc(C)c(Cl)c3)C2=O)cc(Cl)c1OCC(=O)Nc1ccccc1OC. The van der Waals surface area contributed by atoms with E-state index in [1.807, 2.05) is 0 Å². The van der Waals surface area contributed by atoms with Crippen molar-refractivity contribution in [2.75, 3.05) is 30.5 Å². The zero-order valence-electron chi connectivity index (χ0n) is 22.2. The quantitative estimate of drug-likeness (QED) is 0.250. The second kappa shape index (κ2) is 12.8. The van der Waals surface area contributed by atoms with Gasteiger partial charge in [-0.25, -0.2) is 9.69 Å². The van der Waals surface area contributed by atoms with Gasteiger partial charge in [-0.3, -0.25) is 19.7 Å². The molecule has 1 aliphatic heterocycles. The molecule has 1 saturated heterocycles. The number of hydrogen-bond donors (Lipinski definition) is 2. The number of urea groups is 1. The fourth-order valence-corrected chi connectivity index (χ4v) is 4.37. The number of methoxy groups -OCH3 is 1. The molecule has 0 radical (unpaired) electrons. The van der Waals surface area contributed by atoms with Gasteiger partial charge in [0.1, 0.15) is 11.3 Å². The molecule has 0 aromatic heterocycles. The lowest BCUT2D eigenvalue weighted by Crippen LogP contribution is -2.54. The van der Waals surface area contributed by atoms with Crippen LogP contribution in [0.25, 0.3) is 6.08 Å². The van der Waals surface area contributed by atoms with Crippen molar-refractivity contribution in [1.82, 2.24) is 5.32 Å². The van der Waals surface area contributed by atoms with E-state index in [1.165, 1.54) is 31.4 Å². The predicted octanol–water partition coefficient (Wildman–Crippen LogP) is 5.39. The summed E-state index contributed by atoms with van der Waals surface area (Å²) in [5, 5.41) is 5.28. The number of halogens is 2. The molecule has 0 bridgehead atoms. The van der Waals surface area contributed by atoms with Crippen molar-refractivity contribution in [3.05, 3.63) is 81.3 Å². The minimum Gasteiger partial charge on any atom is -0.495 e. The molecule has 4 rings (SSSR count). The van der Waals surface area contributed by atoms with E-state index < -0.39 is 30.4 Å². The molecule has 41 heavy (non-hydrogen) atoms. The number of anilines is 2. The van der Waals surface area contributed by atoms with Crippen LogP contribution < -0.4 is 29.7 Å². The molecule has 0 spiro atoms. The van der Waals surface area contributed by atoms with Crippen molar-refractivity contribution in [2.24, 2.45) is 0 Å². The van der Waals surface area contributed by atoms with Crippen LogP contribution in [0.1, 0.15) is 18.1 Å². The summed E-state index contributed by atoms with van der Waals surface area (Å²) in [4.78, 5) is 51.8. The molecule has 0 aliphatic carbocycles. The van der Waals surface area contributed by atoms with E-state index >= 15 is 0 Å². The van der Waals surface area contributed by atoms with Crippen molar-refractivity contribution in [3.63, 3.8) is 0 Å². The molecule has 12 heteroatoms. The summed E-state index contributed by atoms with van der Waals surface area (Å²) in [6.07, 6.45) is 1.28. The first kappa shape index (κ1) is 29.4. The van der Waals surface area contributed by atoms with Gasteiger partial charge in [-0.05, 0) is 67.4 Å². The summed E-state index contributed by atoms with van der Waals surface area (Å²) in [6, 6.07) is 13.6. The third-order valence-electron chi connectivity index (χ3n) is 5.89. The van der Waals surface area contributed by atoms with E-state index in [4.69, 9.17) is 37.4 Å². The number of imide groups is 2. The van der Waals surface area contributed by atoms with E-state index in [2.05, 4.69) is 10.6 Å². The number of ether oxygens (including phenoxy) is 3. The average Bonchev–Trinajstić information content (AvgIpc) is 2.93. The lowest BCUT2D eigenvalue weighted by atomic mass is 10.1. The normalized spacial score (nSPS) is 14.1. The van der Waals surface area contributed by atoms with Crippen LogP contribution in [0.15, 0.2) is 60.2 Å². The topological polar surface area (TPSA) is 123 Å². The minimum absolute atomic E-state index is 0.0646. The Hall–Kier alpha value is -4.54. The lowest BCUT2D eigenvalue weighted by molar-refractivity contribution is -0.122. The van der Waals surface area contributed by atoms with Crippen LogP contribution >= 0.6 is 23.2 Å². The van der Waals surface area contributed by atoms with Crippen LogP contribution in [0.5, 0.6) is 17.2 Å². The molecular formula is C29H25Cl2N3O7. The molecule has 2 N–H and O–H groups in total. The third-order valence-corrected chi connectivity index (χ3v) is 6.57. The second-order valence-corrected chi connectivity index (χ2v) is 9.51. The third kappa shape index (κ3) is 6.62. The Kier molecular flexibility index (Phi) is 9.16. The maximum absolute atomic E-state index is 13.3. The Labute approximate surface area is 245 Å². The molecule has 3 aromatic carbocycles. The van der Waals surface area contributed by atoms with Crippen molar-refractivity contribution < 1.29 is 33.4 Å². The smallest absolute Gasteiger partial charge is 0.335 e. The number of barbiturate groups is 1. The molecule has 5 amide bonds.